The van der Waals surface area contributed by atoms with E-state index in [2.05, 4.69) is 43.9 Å². The van der Waals surface area contributed by atoms with Gasteiger partial charge in [-0.2, -0.15) is 0 Å². The lowest BCUT2D eigenvalue weighted by Gasteiger charge is -2.27. The van der Waals surface area contributed by atoms with Gasteiger partial charge in [0.1, 0.15) is 0 Å². The van der Waals surface area contributed by atoms with Gasteiger partial charge in [0, 0.05) is 5.54 Å². The first-order chi connectivity index (χ1) is 6.05. The van der Waals surface area contributed by atoms with Crippen LogP contribution in [0.4, 0.5) is 0 Å². The molecule has 1 nitrogen and oxygen atoms in total. The van der Waals surface area contributed by atoms with Crippen molar-refractivity contribution in [3.63, 3.8) is 0 Å². The molecule has 0 fully saturated rings. The Hall–Kier alpha value is -0.763. The van der Waals surface area contributed by atoms with Crippen molar-refractivity contribution in [2.24, 2.45) is 0 Å². The van der Waals surface area contributed by atoms with Crippen molar-refractivity contribution in [2.45, 2.75) is 25.2 Å². The summed E-state index contributed by atoms with van der Waals surface area (Å²) in [6, 6.07) is 0. The minimum absolute atomic E-state index is 0.507. The quantitative estimate of drug-likeness (QED) is 0.613. The van der Waals surface area contributed by atoms with E-state index in [4.69, 9.17) is 4.74 Å². The molecule has 0 saturated heterocycles. The molecular formula is C11H18OSi. The van der Waals surface area contributed by atoms with Gasteiger partial charge in [0.25, 0.3) is 0 Å². The van der Waals surface area contributed by atoms with Crippen LogP contribution in [0.1, 0.15) is 0 Å². The number of hydrogen-bond acceptors (Lipinski definition) is 1. The van der Waals surface area contributed by atoms with E-state index in [9.17, 15) is 0 Å². The minimum Gasteiger partial charge on any atom is -0.501 e. The molecular weight excluding hydrogens is 176 g/mol. The van der Waals surface area contributed by atoms with Gasteiger partial charge in [-0.25, -0.2) is 0 Å². The normalized spacial score (nSPS) is 22.5. The molecule has 0 heterocycles. The number of rotatable bonds is 2. The van der Waals surface area contributed by atoms with Crippen molar-refractivity contribution in [3.05, 3.63) is 36.1 Å². The van der Waals surface area contributed by atoms with E-state index in [0.717, 1.165) is 5.76 Å². The highest BCUT2D eigenvalue weighted by atomic mass is 28.3. The lowest BCUT2D eigenvalue weighted by molar-refractivity contribution is 0.283. The summed E-state index contributed by atoms with van der Waals surface area (Å²) in [4.78, 5) is 0. The molecule has 0 saturated carbocycles. The summed E-state index contributed by atoms with van der Waals surface area (Å²) in [6.07, 6.45) is 10.5. The van der Waals surface area contributed by atoms with Crippen molar-refractivity contribution in [3.8, 4) is 0 Å². The third kappa shape index (κ3) is 2.59. The van der Waals surface area contributed by atoms with Gasteiger partial charge in [-0.3, -0.25) is 0 Å². The minimum atomic E-state index is -1.19. The van der Waals surface area contributed by atoms with Gasteiger partial charge >= 0.3 is 0 Å². The molecule has 0 aromatic carbocycles. The second-order valence-corrected chi connectivity index (χ2v) is 9.74. The number of allylic oxidation sites excluding steroid dienone is 5. The number of hydrogen-bond donors (Lipinski definition) is 0. The van der Waals surface area contributed by atoms with Crippen molar-refractivity contribution in [1.82, 2.24) is 0 Å². The van der Waals surface area contributed by atoms with Crippen molar-refractivity contribution >= 4 is 8.07 Å². The molecule has 13 heavy (non-hydrogen) atoms. The average molecular weight is 194 g/mol. The Bertz CT molecular complexity index is 256. The van der Waals surface area contributed by atoms with Gasteiger partial charge in [-0.05, 0) is 6.08 Å². The molecule has 0 amide bonds. The highest BCUT2D eigenvalue weighted by molar-refractivity contribution is 6.78. The molecule has 0 aliphatic heterocycles. The van der Waals surface area contributed by atoms with E-state index < -0.39 is 8.07 Å². The first-order valence-electron chi connectivity index (χ1n) is 4.65. The fourth-order valence-electron chi connectivity index (χ4n) is 1.50. The molecule has 0 bridgehead atoms. The fraction of sp³-hybridized carbons (Fsp3) is 0.455. The first kappa shape index (κ1) is 10.3. The molecule has 2 heteroatoms. The van der Waals surface area contributed by atoms with Gasteiger partial charge in [0.05, 0.1) is 20.9 Å². The predicted octanol–water partition coefficient (Wildman–Crippen LogP) is 3.35. The van der Waals surface area contributed by atoms with Crippen LogP contribution in [0.15, 0.2) is 36.1 Å². The monoisotopic (exact) mass is 194 g/mol. The van der Waals surface area contributed by atoms with E-state index in [1.807, 2.05) is 6.08 Å². The topological polar surface area (TPSA) is 9.23 Å². The van der Waals surface area contributed by atoms with Crippen molar-refractivity contribution < 1.29 is 4.74 Å². The number of methoxy groups -OCH3 is 1. The SMILES string of the molecule is COC1=CC=CC=C[C@@H]1[Si](C)(C)C. The Labute approximate surface area is 81.8 Å². The molecule has 1 atom stereocenters. The van der Waals surface area contributed by atoms with Gasteiger partial charge in [-0.1, -0.05) is 43.9 Å². The molecule has 1 aliphatic rings. The zero-order valence-electron chi connectivity index (χ0n) is 8.87. The molecule has 0 aromatic rings. The summed E-state index contributed by atoms with van der Waals surface area (Å²) in [5, 5.41) is 0. The van der Waals surface area contributed by atoms with Gasteiger partial charge in [0.15, 0.2) is 0 Å². The van der Waals surface area contributed by atoms with Crippen LogP contribution in [0.5, 0.6) is 0 Å². The number of ether oxygens (including phenoxy) is 1. The maximum Gasteiger partial charge on any atom is 0.0996 e. The largest absolute Gasteiger partial charge is 0.501 e. The molecule has 0 spiro atoms. The third-order valence-corrected chi connectivity index (χ3v) is 4.60. The standard InChI is InChI=1S/C11H18OSi/c1-12-10-8-6-5-7-9-11(10)13(2,3)4/h5-9,11H,1-4H3/t11-/m0/s1. The van der Waals surface area contributed by atoms with Gasteiger partial charge < -0.3 is 4.74 Å². The van der Waals surface area contributed by atoms with Crippen LogP contribution < -0.4 is 0 Å². The predicted molar refractivity (Wildman–Crippen MR) is 60.5 cm³/mol. The van der Waals surface area contributed by atoms with Crippen LogP contribution >= 0.6 is 0 Å². The van der Waals surface area contributed by atoms with Crippen LogP contribution in [-0.2, 0) is 4.74 Å². The van der Waals surface area contributed by atoms with E-state index in [1.165, 1.54) is 0 Å². The first-order valence-corrected chi connectivity index (χ1v) is 8.22. The highest BCUT2D eigenvalue weighted by Gasteiger charge is 2.28. The lowest BCUT2D eigenvalue weighted by atomic mass is 10.3. The third-order valence-electron chi connectivity index (χ3n) is 2.26. The molecule has 72 valence electrons. The zero-order chi connectivity index (χ0) is 9.90. The molecule has 0 radical (unpaired) electrons. The Balaban J connectivity index is 2.95. The second kappa shape index (κ2) is 3.96. The maximum atomic E-state index is 5.40. The summed E-state index contributed by atoms with van der Waals surface area (Å²) in [7, 11) is 0.563. The summed E-state index contributed by atoms with van der Waals surface area (Å²) >= 11 is 0. The highest BCUT2D eigenvalue weighted by Crippen LogP contribution is 2.32. The second-order valence-electron chi connectivity index (χ2n) is 4.39. The van der Waals surface area contributed by atoms with Crippen LogP contribution in [-0.4, -0.2) is 15.2 Å². The van der Waals surface area contributed by atoms with Gasteiger partial charge in [-0.15, -0.1) is 0 Å². The van der Waals surface area contributed by atoms with Crippen molar-refractivity contribution in [1.29, 1.82) is 0 Å². The van der Waals surface area contributed by atoms with Gasteiger partial charge in [0.2, 0.25) is 0 Å². The van der Waals surface area contributed by atoms with E-state index in [1.54, 1.807) is 7.11 Å². The molecule has 1 rings (SSSR count). The van der Waals surface area contributed by atoms with Crippen LogP contribution in [0.2, 0.25) is 25.2 Å². The summed E-state index contributed by atoms with van der Waals surface area (Å²) < 4.78 is 5.40. The molecule has 0 aromatic heterocycles. The Morgan fingerprint density at radius 1 is 1.15 bits per heavy atom. The van der Waals surface area contributed by atoms with E-state index >= 15 is 0 Å². The van der Waals surface area contributed by atoms with E-state index in [-0.39, 0.29) is 0 Å². The van der Waals surface area contributed by atoms with Crippen molar-refractivity contribution in [2.75, 3.05) is 7.11 Å². The summed E-state index contributed by atoms with van der Waals surface area (Å²) in [5.74, 6) is 1.10. The molecule has 0 N–H and O–H groups in total. The van der Waals surface area contributed by atoms with Crippen LogP contribution in [0, 0.1) is 0 Å². The maximum absolute atomic E-state index is 5.40. The Morgan fingerprint density at radius 2 is 1.85 bits per heavy atom. The molecule has 0 unspecified atom stereocenters. The van der Waals surface area contributed by atoms with Crippen LogP contribution in [0.25, 0.3) is 0 Å². The van der Waals surface area contributed by atoms with Crippen LogP contribution in [0.3, 0.4) is 0 Å². The molecule has 1 aliphatic carbocycles. The zero-order valence-corrected chi connectivity index (χ0v) is 9.87. The smallest absolute Gasteiger partial charge is 0.0996 e. The average Bonchev–Trinajstić information content (AvgIpc) is 2.26. The Morgan fingerprint density at radius 3 is 2.38 bits per heavy atom. The lowest BCUT2D eigenvalue weighted by Crippen LogP contribution is -2.28. The summed E-state index contributed by atoms with van der Waals surface area (Å²) in [6.45, 7) is 7.08. The fourth-order valence-corrected chi connectivity index (χ4v) is 3.25. The summed E-state index contributed by atoms with van der Waals surface area (Å²) in [5.41, 5.74) is 0.507. The Kier molecular flexibility index (Phi) is 3.15. The van der Waals surface area contributed by atoms with E-state index in [0.29, 0.717) is 5.54 Å².